The predicted octanol–water partition coefficient (Wildman–Crippen LogP) is 2.42. The molecule has 0 bridgehead atoms. The molecule has 1 rings (SSSR count). The number of hydrogen-bond donors (Lipinski definition) is 2. The molecule has 0 aliphatic heterocycles. The molecule has 0 saturated carbocycles. The van der Waals surface area contributed by atoms with Crippen LogP contribution in [-0.4, -0.2) is 31.4 Å². The second-order valence-corrected chi connectivity index (χ2v) is 5.08. The lowest BCUT2D eigenvalue weighted by Gasteiger charge is -2.06. The topological polar surface area (TPSA) is 41.5 Å². The number of rotatable bonds is 9. The first-order chi connectivity index (χ1) is 8.33. The van der Waals surface area contributed by atoms with Gasteiger partial charge in [0.1, 0.15) is 5.75 Å². The van der Waals surface area contributed by atoms with Gasteiger partial charge in [0, 0.05) is 10.1 Å². The standard InChI is InChI=1S/C13H20INO2/c14-12-4-6-13(7-5-12)17-11-3-1-2-8-15-9-10-16/h4-7,15-16H,1-3,8-11H2. The molecule has 0 aliphatic carbocycles. The normalized spacial score (nSPS) is 10.5. The summed E-state index contributed by atoms with van der Waals surface area (Å²) in [4.78, 5) is 0. The third-order valence-electron chi connectivity index (χ3n) is 2.37. The summed E-state index contributed by atoms with van der Waals surface area (Å²) >= 11 is 2.28. The van der Waals surface area contributed by atoms with Gasteiger partial charge >= 0.3 is 0 Å². The smallest absolute Gasteiger partial charge is 0.119 e. The molecular formula is C13H20INO2. The van der Waals surface area contributed by atoms with Crippen molar-refractivity contribution < 1.29 is 9.84 Å². The highest BCUT2D eigenvalue weighted by molar-refractivity contribution is 14.1. The number of nitrogens with one attached hydrogen (secondary N) is 1. The number of unbranched alkanes of at least 4 members (excludes halogenated alkanes) is 2. The van der Waals surface area contributed by atoms with Crippen molar-refractivity contribution in [1.29, 1.82) is 0 Å². The lowest BCUT2D eigenvalue weighted by molar-refractivity contribution is 0.289. The Labute approximate surface area is 117 Å². The van der Waals surface area contributed by atoms with Gasteiger partial charge in [-0.1, -0.05) is 0 Å². The largest absolute Gasteiger partial charge is 0.494 e. The van der Waals surface area contributed by atoms with Crippen molar-refractivity contribution >= 4 is 22.6 Å². The van der Waals surface area contributed by atoms with E-state index in [4.69, 9.17) is 9.84 Å². The van der Waals surface area contributed by atoms with Gasteiger partial charge in [0.25, 0.3) is 0 Å². The summed E-state index contributed by atoms with van der Waals surface area (Å²) in [5.41, 5.74) is 0. The maximum atomic E-state index is 8.57. The average Bonchev–Trinajstić information content (AvgIpc) is 2.35. The molecule has 0 aromatic heterocycles. The molecule has 0 fully saturated rings. The van der Waals surface area contributed by atoms with Gasteiger partial charge in [0.2, 0.25) is 0 Å². The quantitative estimate of drug-likeness (QED) is 0.532. The first kappa shape index (κ1) is 14.7. The van der Waals surface area contributed by atoms with Crippen LogP contribution in [0.2, 0.25) is 0 Å². The number of ether oxygens (including phenoxy) is 1. The summed E-state index contributed by atoms with van der Waals surface area (Å²) in [6.45, 7) is 2.67. The van der Waals surface area contributed by atoms with Crippen LogP contribution >= 0.6 is 22.6 Å². The second kappa shape index (κ2) is 9.67. The van der Waals surface area contributed by atoms with Crippen LogP contribution in [0.15, 0.2) is 24.3 Å². The maximum absolute atomic E-state index is 8.57. The van der Waals surface area contributed by atoms with E-state index in [0.717, 1.165) is 38.2 Å². The highest BCUT2D eigenvalue weighted by Crippen LogP contribution is 2.13. The monoisotopic (exact) mass is 349 g/mol. The molecule has 96 valence electrons. The highest BCUT2D eigenvalue weighted by atomic mass is 127. The molecule has 0 atom stereocenters. The van der Waals surface area contributed by atoms with Crippen molar-refractivity contribution in [3.63, 3.8) is 0 Å². The van der Waals surface area contributed by atoms with Crippen molar-refractivity contribution in [3.05, 3.63) is 27.8 Å². The number of benzene rings is 1. The van der Waals surface area contributed by atoms with Crippen molar-refractivity contribution in [3.8, 4) is 5.75 Å². The van der Waals surface area contributed by atoms with Gasteiger partial charge in [-0.2, -0.15) is 0 Å². The molecule has 0 radical (unpaired) electrons. The molecule has 4 heteroatoms. The molecule has 0 saturated heterocycles. The maximum Gasteiger partial charge on any atom is 0.119 e. The molecule has 17 heavy (non-hydrogen) atoms. The minimum Gasteiger partial charge on any atom is -0.494 e. The van der Waals surface area contributed by atoms with Gasteiger partial charge in [0.15, 0.2) is 0 Å². The van der Waals surface area contributed by atoms with E-state index in [2.05, 4.69) is 40.0 Å². The van der Waals surface area contributed by atoms with Crippen LogP contribution in [0.3, 0.4) is 0 Å². The molecule has 1 aromatic rings. The van der Waals surface area contributed by atoms with Crippen molar-refractivity contribution in [2.45, 2.75) is 19.3 Å². The fourth-order valence-corrected chi connectivity index (χ4v) is 1.81. The minimum atomic E-state index is 0.218. The number of hydrogen-bond acceptors (Lipinski definition) is 3. The zero-order valence-electron chi connectivity index (χ0n) is 9.99. The molecule has 0 heterocycles. The lowest BCUT2D eigenvalue weighted by Crippen LogP contribution is -2.19. The van der Waals surface area contributed by atoms with E-state index in [1.807, 2.05) is 12.1 Å². The molecule has 2 N–H and O–H groups in total. The first-order valence-electron chi connectivity index (χ1n) is 6.03. The molecule has 0 amide bonds. The van der Waals surface area contributed by atoms with Crippen LogP contribution in [-0.2, 0) is 0 Å². The van der Waals surface area contributed by atoms with Crippen LogP contribution in [0.5, 0.6) is 5.75 Å². The molecule has 0 aliphatic rings. The van der Waals surface area contributed by atoms with Gasteiger partial charge in [-0.3, -0.25) is 0 Å². The Bertz CT molecular complexity index is 290. The van der Waals surface area contributed by atoms with Crippen LogP contribution in [0, 0.1) is 3.57 Å². The van der Waals surface area contributed by atoms with E-state index in [1.165, 1.54) is 3.57 Å². The highest BCUT2D eigenvalue weighted by Gasteiger charge is 1.94. The minimum absolute atomic E-state index is 0.218. The van der Waals surface area contributed by atoms with Crippen LogP contribution in [0.1, 0.15) is 19.3 Å². The van der Waals surface area contributed by atoms with Crippen LogP contribution < -0.4 is 10.1 Å². The molecule has 1 aromatic carbocycles. The van der Waals surface area contributed by atoms with E-state index in [9.17, 15) is 0 Å². The Morgan fingerprint density at radius 2 is 1.82 bits per heavy atom. The van der Waals surface area contributed by atoms with E-state index in [-0.39, 0.29) is 6.61 Å². The van der Waals surface area contributed by atoms with Gasteiger partial charge in [-0.15, -0.1) is 0 Å². The fourth-order valence-electron chi connectivity index (χ4n) is 1.45. The molecule has 3 nitrogen and oxygen atoms in total. The fraction of sp³-hybridized carbons (Fsp3) is 0.538. The SMILES string of the molecule is OCCNCCCCCOc1ccc(I)cc1. The van der Waals surface area contributed by atoms with Crippen molar-refractivity contribution in [2.24, 2.45) is 0 Å². The predicted molar refractivity (Wildman–Crippen MR) is 78.5 cm³/mol. The molecule has 0 unspecified atom stereocenters. The summed E-state index contributed by atoms with van der Waals surface area (Å²) in [6.07, 6.45) is 3.37. The van der Waals surface area contributed by atoms with Gasteiger partial charge < -0.3 is 15.2 Å². The molecular weight excluding hydrogens is 329 g/mol. The Hall–Kier alpha value is -0.330. The Morgan fingerprint density at radius 3 is 2.53 bits per heavy atom. The lowest BCUT2D eigenvalue weighted by atomic mass is 10.2. The first-order valence-corrected chi connectivity index (χ1v) is 7.11. The van der Waals surface area contributed by atoms with Gasteiger partial charge in [-0.25, -0.2) is 0 Å². The van der Waals surface area contributed by atoms with E-state index < -0.39 is 0 Å². The zero-order valence-corrected chi connectivity index (χ0v) is 12.2. The zero-order chi connectivity index (χ0) is 12.3. The average molecular weight is 349 g/mol. The summed E-state index contributed by atoms with van der Waals surface area (Å²) in [5.74, 6) is 0.948. The molecule has 0 spiro atoms. The Kier molecular flexibility index (Phi) is 8.38. The Morgan fingerprint density at radius 1 is 1.06 bits per heavy atom. The van der Waals surface area contributed by atoms with Gasteiger partial charge in [0.05, 0.1) is 13.2 Å². The third kappa shape index (κ3) is 7.57. The second-order valence-electron chi connectivity index (χ2n) is 3.84. The van der Waals surface area contributed by atoms with Crippen LogP contribution in [0.25, 0.3) is 0 Å². The summed E-state index contributed by atoms with van der Waals surface area (Å²) in [7, 11) is 0. The van der Waals surface area contributed by atoms with E-state index in [1.54, 1.807) is 0 Å². The van der Waals surface area contributed by atoms with E-state index >= 15 is 0 Å². The number of halogens is 1. The van der Waals surface area contributed by atoms with Crippen LogP contribution in [0.4, 0.5) is 0 Å². The number of aliphatic hydroxyl groups excluding tert-OH is 1. The Balaban J connectivity index is 1.95. The summed E-state index contributed by atoms with van der Waals surface area (Å²) in [6, 6.07) is 8.11. The van der Waals surface area contributed by atoms with Crippen molar-refractivity contribution in [2.75, 3.05) is 26.3 Å². The van der Waals surface area contributed by atoms with E-state index in [0.29, 0.717) is 6.54 Å². The van der Waals surface area contributed by atoms with Gasteiger partial charge in [-0.05, 0) is 72.7 Å². The number of aliphatic hydroxyl groups is 1. The third-order valence-corrected chi connectivity index (χ3v) is 3.09. The van der Waals surface area contributed by atoms with Crippen molar-refractivity contribution in [1.82, 2.24) is 5.32 Å². The summed E-state index contributed by atoms with van der Waals surface area (Å²) < 4.78 is 6.85. The summed E-state index contributed by atoms with van der Waals surface area (Å²) in [5, 5.41) is 11.7.